The molecule has 0 aliphatic rings. The van der Waals surface area contributed by atoms with Crippen molar-refractivity contribution in [2.45, 2.75) is 13.8 Å². The second kappa shape index (κ2) is 6.79. The Morgan fingerprint density at radius 3 is 2.48 bits per heavy atom. The molecule has 23 heavy (non-hydrogen) atoms. The topological polar surface area (TPSA) is 49.8 Å². The molecular formula is C18H17BrN4. The van der Waals surface area contributed by atoms with Gasteiger partial charge in [0.05, 0.1) is 0 Å². The zero-order valence-electron chi connectivity index (χ0n) is 13.0. The van der Waals surface area contributed by atoms with Crippen LogP contribution in [0.25, 0.3) is 0 Å². The zero-order valence-corrected chi connectivity index (χ0v) is 14.6. The minimum absolute atomic E-state index is 0.558. The van der Waals surface area contributed by atoms with Gasteiger partial charge in [0.25, 0.3) is 0 Å². The van der Waals surface area contributed by atoms with Gasteiger partial charge in [-0.05, 0) is 61.4 Å². The molecule has 5 heteroatoms. The Bertz CT molecular complexity index is 816. The van der Waals surface area contributed by atoms with Gasteiger partial charge < -0.3 is 10.6 Å². The molecule has 0 saturated carbocycles. The molecule has 116 valence electrons. The van der Waals surface area contributed by atoms with E-state index in [1.807, 2.05) is 42.5 Å². The summed E-state index contributed by atoms with van der Waals surface area (Å²) >= 11 is 3.42. The van der Waals surface area contributed by atoms with E-state index < -0.39 is 0 Å². The largest absolute Gasteiger partial charge is 0.340 e. The van der Waals surface area contributed by atoms with Gasteiger partial charge >= 0.3 is 0 Å². The third-order valence-corrected chi connectivity index (χ3v) is 4.15. The Morgan fingerprint density at radius 2 is 1.70 bits per heavy atom. The van der Waals surface area contributed by atoms with Gasteiger partial charge in [-0.2, -0.15) is 4.98 Å². The molecule has 4 nitrogen and oxygen atoms in total. The number of nitrogens with one attached hydrogen (secondary N) is 2. The molecule has 0 unspecified atom stereocenters. The predicted molar refractivity (Wildman–Crippen MR) is 98.7 cm³/mol. The van der Waals surface area contributed by atoms with Crippen LogP contribution in [-0.2, 0) is 0 Å². The average Bonchev–Trinajstić information content (AvgIpc) is 2.54. The molecule has 2 aromatic carbocycles. The quantitative estimate of drug-likeness (QED) is 0.652. The van der Waals surface area contributed by atoms with E-state index in [2.05, 4.69) is 56.4 Å². The Kier molecular flexibility index (Phi) is 4.57. The molecule has 0 aliphatic heterocycles. The molecule has 1 aromatic heterocycles. The number of hydrogen-bond donors (Lipinski definition) is 2. The van der Waals surface area contributed by atoms with Gasteiger partial charge in [0, 0.05) is 22.0 Å². The molecule has 3 rings (SSSR count). The summed E-state index contributed by atoms with van der Waals surface area (Å²) in [5.41, 5.74) is 4.46. The summed E-state index contributed by atoms with van der Waals surface area (Å²) in [5.74, 6) is 1.32. The summed E-state index contributed by atoms with van der Waals surface area (Å²) in [5, 5.41) is 6.55. The van der Waals surface area contributed by atoms with E-state index in [1.54, 1.807) is 6.20 Å². The van der Waals surface area contributed by atoms with Crippen LogP contribution in [0.4, 0.5) is 23.1 Å². The van der Waals surface area contributed by atoms with E-state index >= 15 is 0 Å². The number of nitrogens with zero attached hydrogens (tertiary/aromatic N) is 2. The molecule has 0 saturated heterocycles. The highest BCUT2D eigenvalue weighted by molar-refractivity contribution is 9.10. The lowest BCUT2D eigenvalue weighted by molar-refractivity contribution is 1.16. The van der Waals surface area contributed by atoms with Crippen LogP contribution in [0, 0.1) is 13.8 Å². The van der Waals surface area contributed by atoms with Gasteiger partial charge in [0.2, 0.25) is 5.95 Å². The number of rotatable bonds is 4. The Morgan fingerprint density at radius 1 is 0.913 bits per heavy atom. The first-order chi connectivity index (χ1) is 11.1. The standard InChI is InChI=1S/C18H17BrN4/c1-12-4-3-5-16(13(12)2)22-17-10-11-20-18(23-17)21-15-8-6-14(19)7-9-15/h3-11H,1-2H3,(H2,20,21,22,23). The predicted octanol–water partition coefficient (Wildman–Crippen LogP) is 5.34. The van der Waals surface area contributed by atoms with Gasteiger partial charge in [-0.25, -0.2) is 4.98 Å². The van der Waals surface area contributed by atoms with Crippen LogP contribution in [0.2, 0.25) is 0 Å². The summed E-state index contributed by atoms with van der Waals surface area (Å²) in [7, 11) is 0. The fraction of sp³-hybridized carbons (Fsp3) is 0.111. The molecule has 0 bridgehead atoms. The fourth-order valence-electron chi connectivity index (χ4n) is 2.18. The molecule has 0 atom stereocenters. The third kappa shape index (κ3) is 3.87. The summed E-state index contributed by atoms with van der Waals surface area (Å²) in [6, 6.07) is 15.9. The lowest BCUT2D eigenvalue weighted by atomic mass is 10.1. The van der Waals surface area contributed by atoms with Gasteiger partial charge in [-0.15, -0.1) is 0 Å². The minimum Gasteiger partial charge on any atom is -0.340 e. The van der Waals surface area contributed by atoms with Crippen LogP contribution >= 0.6 is 15.9 Å². The number of benzene rings is 2. The van der Waals surface area contributed by atoms with E-state index in [1.165, 1.54) is 11.1 Å². The van der Waals surface area contributed by atoms with Crippen molar-refractivity contribution in [1.82, 2.24) is 9.97 Å². The highest BCUT2D eigenvalue weighted by Crippen LogP contribution is 2.23. The molecule has 0 radical (unpaired) electrons. The Hall–Kier alpha value is -2.40. The van der Waals surface area contributed by atoms with E-state index in [0.29, 0.717) is 5.95 Å². The van der Waals surface area contributed by atoms with Crippen LogP contribution in [-0.4, -0.2) is 9.97 Å². The zero-order chi connectivity index (χ0) is 16.2. The van der Waals surface area contributed by atoms with E-state index in [-0.39, 0.29) is 0 Å². The van der Waals surface area contributed by atoms with Crippen molar-refractivity contribution in [3.63, 3.8) is 0 Å². The maximum atomic E-state index is 4.51. The van der Waals surface area contributed by atoms with Crippen molar-refractivity contribution in [2.24, 2.45) is 0 Å². The average molecular weight is 369 g/mol. The summed E-state index contributed by atoms with van der Waals surface area (Å²) < 4.78 is 1.04. The van der Waals surface area contributed by atoms with Gasteiger partial charge in [-0.1, -0.05) is 28.1 Å². The monoisotopic (exact) mass is 368 g/mol. The normalized spacial score (nSPS) is 10.4. The van der Waals surface area contributed by atoms with Gasteiger partial charge in [0.1, 0.15) is 5.82 Å². The van der Waals surface area contributed by atoms with Crippen LogP contribution in [0.1, 0.15) is 11.1 Å². The van der Waals surface area contributed by atoms with Crippen LogP contribution in [0.3, 0.4) is 0 Å². The number of aryl methyl sites for hydroxylation is 1. The van der Waals surface area contributed by atoms with Gasteiger partial charge in [-0.3, -0.25) is 0 Å². The lowest BCUT2D eigenvalue weighted by Gasteiger charge is -2.12. The molecule has 3 aromatic rings. The maximum absolute atomic E-state index is 4.51. The number of anilines is 4. The highest BCUT2D eigenvalue weighted by Gasteiger charge is 2.04. The molecule has 0 amide bonds. The molecule has 0 aliphatic carbocycles. The van der Waals surface area contributed by atoms with Crippen molar-refractivity contribution < 1.29 is 0 Å². The second-order valence-electron chi connectivity index (χ2n) is 5.27. The number of aromatic nitrogens is 2. The van der Waals surface area contributed by atoms with Crippen molar-refractivity contribution in [3.05, 3.63) is 70.3 Å². The van der Waals surface area contributed by atoms with Crippen LogP contribution in [0.15, 0.2) is 59.2 Å². The van der Waals surface area contributed by atoms with Crippen molar-refractivity contribution in [2.75, 3.05) is 10.6 Å². The number of halogens is 1. The van der Waals surface area contributed by atoms with E-state index in [4.69, 9.17) is 0 Å². The number of hydrogen-bond acceptors (Lipinski definition) is 4. The smallest absolute Gasteiger partial charge is 0.229 e. The summed E-state index contributed by atoms with van der Waals surface area (Å²) in [4.78, 5) is 8.78. The van der Waals surface area contributed by atoms with Crippen molar-refractivity contribution in [3.8, 4) is 0 Å². The van der Waals surface area contributed by atoms with Gasteiger partial charge in [0.15, 0.2) is 0 Å². The molecule has 1 heterocycles. The fourth-order valence-corrected chi connectivity index (χ4v) is 2.44. The first-order valence-electron chi connectivity index (χ1n) is 7.31. The maximum Gasteiger partial charge on any atom is 0.229 e. The van der Waals surface area contributed by atoms with Crippen LogP contribution < -0.4 is 10.6 Å². The lowest BCUT2D eigenvalue weighted by Crippen LogP contribution is -2.01. The third-order valence-electron chi connectivity index (χ3n) is 3.62. The molecule has 0 fully saturated rings. The van der Waals surface area contributed by atoms with Crippen molar-refractivity contribution in [1.29, 1.82) is 0 Å². The first-order valence-corrected chi connectivity index (χ1v) is 8.10. The summed E-state index contributed by atoms with van der Waals surface area (Å²) in [6.07, 6.45) is 1.74. The van der Waals surface area contributed by atoms with Crippen LogP contribution in [0.5, 0.6) is 0 Å². The van der Waals surface area contributed by atoms with E-state index in [0.717, 1.165) is 21.7 Å². The second-order valence-corrected chi connectivity index (χ2v) is 6.19. The highest BCUT2D eigenvalue weighted by atomic mass is 79.9. The first kappa shape index (κ1) is 15.5. The molecular weight excluding hydrogens is 352 g/mol. The SMILES string of the molecule is Cc1cccc(Nc2ccnc(Nc3ccc(Br)cc3)n2)c1C. The minimum atomic E-state index is 0.558. The molecule has 0 spiro atoms. The molecule has 2 N–H and O–H groups in total. The van der Waals surface area contributed by atoms with Crippen molar-refractivity contribution >= 4 is 39.1 Å². The Labute approximate surface area is 144 Å². The summed E-state index contributed by atoms with van der Waals surface area (Å²) in [6.45, 7) is 4.20. The Balaban J connectivity index is 1.79. The van der Waals surface area contributed by atoms with E-state index in [9.17, 15) is 0 Å².